The number of hydrogen-bond donors (Lipinski definition) is 1. The average Bonchev–Trinajstić information content (AvgIpc) is 3.16. The topological polar surface area (TPSA) is 92.3 Å². The summed E-state index contributed by atoms with van der Waals surface area (Å²) in [5.41, 5.74) is 2.40. The zero-order chi connectivity index (χ0) is 16.7. The molecule has 4 rings (SSSR count). The van der Waals surface area contributed by atoms with E-state index in [1.54, 1.807) is 42.5 Å². The first-order valence-electron chi connectivity index (χ1n) is 7.11. The molecular formula is C16H10N4O3S. The molecule has 2 aromatic carbocycles. The molecule has 8 heteroatoms. The summed E-state index contributed by atoms with van der Waals surface area (Å²) in [7, 11) is 0. The second-order valence-corrected chi connectivity index (χ2v) is 5.76. The third kappa shape index (κ3) is 2.24. The third-order valence-corrected chi connectivity index (χ3v) is 4.28. The van der Waals surface area contributed by atoms with E-state index in [2.05, 4.69) is 14.1 Å². The van der Waals surface area contributed by atoms with E-state index in [-0.39, 0.29) is 6.54 Å². The van der Waals surface area contributed by atoms with Crippen LogP contribution in [0.3, 0.4) is 0 Å². The maximum Gasteiger partial charge on any atom is 0.262 e. The van der Waals surface area contributed by atoms with Gasteiger partial charge in [0.25, 0.3) is 11.8 Å². The quantitative estimate of drug-likeness (QED) is 0.737. The molecular weight excluding hydrogens is 328 g/mol. The van der Waals surface area contributed by atoms with E-state index >= 15 is 0 Å². The van der Waals surface area contributed by atoms with Crippen LogP contribution in [-0.4, -0.2) is 37.9 Å². The van der Waals surface area contributed by atoms with Gasteiger partial charge in [-0.2, -0.15) is 8.75 Å². The minimum atomic E-state index is -0.468. The number of rotatable bonds is 3. The van der Waals surface area contributed by atoms with Gasteiger partial charge in [0.1, 0.15) is 17.6 Å². The van der Waals surface area contributed by atoms with Gasteiger partial charge in [0, 0.05) is 0 Å². The zero-order valence-corrected chi connectivity index (χ0v) is 13.0. The number of hydrogen-bond acceptors (Lipinski definition) is 6. The fourth-order valence-electron chi connectivity index (χ4n) is 2.62. The predicted molar refractivity (Wildman–Crippen MR) is 87.9 cm³/mol. The maximum atomic E-state index is 12.3. The van der Waals surface area contributed by atoms with Crippen LogP contribution in [0.5, 0.6) is 0 Å². The molecule has 2 heterocycles. The van der Waals surface area contributed by atoms with Gasteiger partial charge in [-0.15, -0.1) is 0 Å². The summed E-state index contributed by atoms with van der Waals surface area (Å²) >= 11 is 1.05. The summed E-state index contributed by atoms with van der Waals surface area (Å²) in [6.07, 6.45) is 0. The van der Waals surface area contributed by atoms with Crippen molar-refractivity contribution in [2.45, 2.75) is 0 Å². The number of aromatic nitrogens is 2. The van der Waals surface area contributed by atoms with Crippen molar-refractivity contribution < 1.29 is 14.4 Å². The fourth-order valence-corrected chi connectivity index (χ4v) is 3.17. The van der Waals surface area contributed by atoms with Gasteiger partial charge >= 0.3 is 0 Å². The smallest absolute Gasteiger partial charge is 0.262 e. The summed E-state index contributed by atoms with van der Waals surface area (Å²) < 4.78 is 8.24. The molecule has 0 unspecified atom stereocenters. The standard InChI is InChI=1S/C16H10N4O3S/c21-13(17-11-6-3-7-12-14(11)19-24-18-12)8-20-15(22)9-4-1-2-5-10(9)16(20)23/h1-7H,8H2,(H,17,21). The van der Waals surface area contributed by atoms with E-state index in [1.807, 2.05) is 0 Å². The van der Waals surface area contributed by atoms with Gasteiger partial charge in [0.15, 0.2) is 0 Å². The Morgan fingerprint density at radius 1 is 1.00 bits per heavy atom. The first kappa shape index (κ1) is 14.5. The number of nitrogens with zero attached hydrogens (tertiary/aromatic N) is 3. The molecule has 0 bridgehead atoms. The zero-order valence-electron chi connectivity index (χ0n) is 12.2. The summed E-state index contributed by atoms with van der Waals surface area (Å²) in [6.45, 7) is -0.347. The van der Waals surface area contributed by atoms with Crippen molar-refractivity contribution in [2.24, 2.45) is 0 Å². The molecule has 1 aliphatic heterocycles. The lowest BCUT2D eigenvalue weighted by Crippen LogP contribution is -2.37. The summed E-state index contributed by atoms with van der Waals surface area (Å²) in [5, 5.41) is 2.68. The van der Waals surface area contributed by atoms with Gasteiger partial charge in [0.05, 0.1) is 28.5 Å². The van der Waals surface area contributed by atoms with Crippen LogP contribution < -0.4 is 5.32 Å². The molecule has 3 amide bonds. The molecule has 1 aromatic heterocycles. The molecule has 0 saturated heterocycles. The number of anilines is 1. The Kier molecular flexibility index (Phi) is 3.31. The number of fused-ring (bicyclic) bond motifs is 2. The first-order valence-corrected chi connectivity index (χ1v) is 7.84. The van der Waals surface area contributed by atoms with Crippen LogP contribution >= 0.6 is 11.7 Å². The lowest BCUT2D eigenvalue weighted by Gasteiger charge is -2.13. The van der Waals surface area contributed by atoms with Crippen molar-refractivity contribution in [3.63, 3.8) is 0 Å². The van der Waals surface area contributed by atoms with Gasteiger partial charge in [-0.05, 0) is 24.3 Å². The molecule has 3 aromatic rings. The van der Waals surface area contributed by atoms with Crippen LogP contribution in [0.4, 0.5) is 5.69 Å². The van der Waals surface area contributed by atoms with E-state index in [0.29, 0.717) is 27.8 Å². The monoisotopic (exact) mass is 338 g/mol. The Bertz CT molecular complexity index is 963. The maximum absolute atomic E-state index is 12.3. The second kappa shape index (κ2) is 5.50. The van der Waals surface area contributed by atoms with Gasteiger partial charge < -0.3 is 5.32 Å². The van der Waals surface area contributed by atoms with Gasteiger partial charge in [-0.3, -0.25) is 19.3 Å². The van der Waals surface area contributed by atoms with Crippen molar-refractivity contribution in [1.29, 1.82) is 0 Å². The molecule has 1 N–H and O–H groups in total. The van der Waals surface area contributed by atoms with Crippen LogP contribution in [0, 0.1) is 0 Å². The van der Waals surface area contributed by atoms with Crippen molar-refractivity contribution in [1.82, 2.24) is 13.6 Å². The highest BCUT2D eigenvalue weighted by Crippen LogP contribution is 2.23. The highest BCUT2D eigenvalue weighted by Gasteiger charge is 2.36. The lowest BCUT2D eigenvalue weighted by atomic mass is 10.1. The van der Waals surface area contributed by atoms with E-state index < -0.39 is 17.7 Å². The van der Waals surface area contributed by atoms with Crippen molar-refractivity contribution in [3.05, 3.63) is 53.6 Å². The van der Waals surface area contributed by atoms with E-state index in [0.717, 1.165) is 16.6 Å². The summed E-state index contributed by atoms with van der Waals surface area (Å²) in [5.74, 6) is -1.39. The Balaban J connectivity index is 1.54. The van der Waals surface area contributed by atoms with Gasteiger partial charge in [0.2, 0.25) is 5.91 Å². The van der Waals surface area contributed by atoms with E-state index in [4.69, 9.17) is 0 Å². The van der Waals surface area contributed by atoms with Crippen LogP contribution in [-0.2, 0) is 4.79 Å². The lowest BCUT2D eigenvalue weighted by molar-refractivity contribution is -0.116. The highest BCUT2D eigenvalue weighted by atomic mass is 32.1. The van der Waals surface area contributed by atoms with Crippen LogP contribution in [0.25, 0.3) is 11.0 Å². The number of amides is 3. The molecule has 24 heavy (non-hydrogen) atoms. The number of imide groups is 1. The SMILES string of the molecule is O=C(CN1C(=O)c2ccccc2C1=O)Nc1cccc2nsnc12. The molecule has 118 valence electrons. The normalized spacial score (nSPS) is 13.4. The molecule has 7 nitrogen and oxygen atoms in total. The van der Waals surface area contributed by atoms with Crippen molar-refractivity contribution >= 4 is 46.2 Å². The van der Waals surface area contributed by atoms with Crippen LogP contribution in [0.15, 0.2) is 42.5 Å². The van der Waals surface area contributed by atoms with E-state index in [1.165, 1.54) is 0 Å². The number of carbonyl (C=O) groups excluding carboxylic acids is 3. The Morgan fingerprint density at radius 3 is 2.42 bits per heavy atom. The number of carbonyl (C=O) groups is 3. The number of benzene rings is 2. The Hall–Kier alpha value is -3.13. The second-order valence-electron chi connectivity index (χ2n) is 5.23. The Labute approximate surface area is 140 Å². The molecule has 0 fully saturated rings. The van der Waals surface area contributed by atoms with Crippen LogP contribution in [0.2, 0.25) is 0 Å². The number of nitrogens with one attached hydrogen (secondary N) is 1. The molecule has 0 aliphatic carbocycles. The predicted octanol–water partition coefficient (Wildman–Crippen LogP) is 1.93. The molecule has 0 spiro atoms. The molecule has 1 aliphatic rings. The van der Waals surface area contributed by atoms with Crippen LogP contribution in [0.1, 0.15) is 20.7 Å². The third-order valence-electron chi connectivity index (χ3n) is 3.74. The molecule has 0 atom stereocenters. The minimum Gasteiger partial charge on any atom is -0.323 e. The van der Waals surface area contributed by atoms with Crippen molar-refractivity contribution in [2.75, 3.05) is 11.9 Å². The summed E-state index contributed by atoms with van der Waals surface area (Å²) in [6, 6.07) is 11.8. The van der Waals surface area contributed by atoms with E-state index in [9.17, 15) is 14.4 Å². The first-order chi connectivity index (χ1) is 11.6. The Morgan fingerprint density at radius 2 is 1.71 bits per heavy atom. The van der Waals surface area contributed by atoms with Crippen molar-refractivity contribution in [3.8, 4) is 0 Å². The minimum absolute atomic E-state index is 0.320. The highest BCUT2D eigenvalue weighted by molar-refractivity contribution is 7.00. The summed E-state index contributed by atoms with van der Waals surface area (Å²) in [4.78, 5) is 37.8. The molecule has 0 saturated carbocycles. The molecule has 0 radical (unpaired) electrons. The fraction of sp³-hybridized carbons (Fsp3) is 0.0625. The average molecular weight is 338 g/mol. The largest absolute Gasteiger partial charge is 0.323 e. The van der Waals surface area contributed by atoms with Gasteiger partial charge in [-0.25, -0.2) is 0 Å². The van der Waals surface area contributed by atoms with Gasteiger partial charge in [-0.1, -0.05) is 18.2 Å².